The Morgan fingerprint density at radius 3 is 2.82 bits per heavy atom. The van der Waals surface area contributed by atoms with Crippen LogP contribution in [0.15, 0.2) is 48.8 Å². The van der Waals surface area contributed by atoms with Gasteiger partial charge in [0.25, 0.3) is 5.91 Å². The molecule has 1 saturated carbocycles. The largest absolute Gasteiger partial charge is 0.497 e. The van der Waals surface area contributed by atoms with Crippen molar-refractivity contribution < 1.29 is 13.9 Å². The zero-order chi connectivity index (χ0) is 23.5. The molecule has 0 atom stereocenters. The van der Waals surface area contributed by atoms with Gasteiger partial charge in [-0.2, -0.15) is 0 Å². The number of methoxy groups -OCH3 is 1. The van der Waals surface area contributed by atoms with Crippen molar-refractivity contribution >= 4 is 28.4 Å². The molecule has 0 bridgehead atoms. The number of amides is 1. The Morgan fingerprint density at radius 2 is 2.00 bits per heavy atom. The Balaban J connectivity index is 1.31. The number of aromatic nitrogens is 4. The van der Waals surface area contributed by atoms with Crippen molar-refractivity contribution in [2.24, 2.45) is 0 Å². The molecule has 2 aromatic carbocycles. The van der Waals surface area contributed by atoms with E-state index in [1.165, 1.54) is 31.3 Å². The Labute approximate surface area is 196 Å². The van der Waals surface area contributed by atoms with E-state index in [1.807, 2.05) is 24.3 Å². The number of carbonyl (C=O) groups excluding carboxylic acids is 1. The van der Waals surface area contributed by atoms with Crippen molar-refractivity contribution in [3.63, 3.8) is 0 Å². The van der Waals surface area contributed by atoms with Crippen LogP contribution >= 0.6 is 0 Å². The minimum absolute atomic E-state index is 0.137. The quantitative estimate of drug-likeness (QED) is 0.365. The summed E-state index contributed by atoms with van der Waals surface area (Å²) in [6, 6.07) is 11.9. The van der Waals surface area contributed by atoms with Gasteiger partial charge in [-0.15, -0.1) is 0 Å². The van der Waals surface area contributed by atoms with Gasteiger partial charge in [-0.3, -0.25) is 4.79 Å². The van der Waals surface area contributed by atoms with E-state index >= 15 is 0 Å². The van der Waals surface area contributed by atoms with Gasteiger partial charge in [-0.1, -0.05) is 18.9 Å². The highest BCUT2D eigenvalue weighted by molar-refractivity contribution is 6.02. The smallest absolute Gasteiger partial charge is 0.272 e. The van der Waals surface area contributed by atoms with Gasteiger partial charge in [-0.05, 0) is 48.7 Å². The molecule has 1 amide bonds. The summed E-state index contributed by atoms with van der Waals surface area (Å²) in [6.45, 7) is 0.137. The number of H-pyrrole nitrogens is 1. The molecule has 34 heavy (non-hydrogen) atoms. The molecular weight excluding hydrogens is 435 g/mol. The number of rotatable bonds is 7. The average Bonchev–Trinajstić information content (AvgIpc) is 3.52. The van der Waals surface area contributed by atoms with E-state index in [9.17, 15) is 9.18 Å². The van der Waals surface area contributed by atoms with Crippen LogP contribution in [0.4, 0.5) is 15.8 Å². The number of benzene rings is 2. The van der Waals surface area contributed by atoms with Crippen LogP contribution < -0.4 is 15.4 Å². The van der Waals surface area contributed by atoms with E-state index < -0.39 is 5.82 Å². The van der Waals surface area contributed by atoms with Gasteiger partial charge in [0.2, 0.25) is 0 Å². The molecule has 5 rings (SSSR count). The molecule has 4 aromatic rings. The number of imidazole rings is 1. The number of anilines is 2. The van der Waals surface area contributed by atoms with Crippen LogP contribution in [0.3, 0.4) is 0 Å². The molecule has 9 heteroatoms. The Morgan fingerprint density at radius 1 is 1.15 bits per heavy atom. The summed E-state index contributed by atoms with van der Waals surface area (Å²) >= 11 is 0. The van der Waals surface area contributed by atoms with Crippen LogP contribution in [0.2, 0.25) is 0 Å². The van der Waals surface area contributed by atoms with Crippen LogP contribution in [0.1, 0.15) is 53.5 Å². The molecule has 1 fully saturated rings. The van der Waals surface area contributed by atoms with Crippen molar-refractivity contribution in [2.45, 2.75) is 38.1 Å². The molecule has 0 aliphatic heterocycles. The summed E-state index contributed by atoms with van der Waals surface area (Å²) in [6.07, 6.45) is 5.88. The van der Waals surface area contributed by atoms with Crippen LogP contribution in [-0.4, -0.2) is 33.0 Å². The van der Waals surface area contributed by atoms with Crippen molar-refractivity contribution in [1.82, 2.24) is 25.3 Å². The standard InChI is InChI=1S/C25H25FN6O2/c1-34-20-8-4-7-18(12-20)30-19-10-15(9-17(26)11-19)13-27-25(33)22-21-24(29-14-28-22)32-23(31-21)16-5-2-3-6-16/h4,7-12,14,16,30H,2-3,5-6,13H2,1H3,(H,27,33)(H,28,29,31,32). The maximum absolute atomic E-state index is 14.3. The number of ether oxygens (including phenoxy) is 1. The van der Waals surface area contributed by atoms with Gasteiger partial charge in [0.15, 0.2) is 11.3 Å². The number of nitrogens with one attached hydrogen (secondary N) is 3. The molecule has 8 nitrogen and oxygen atoms in total. The molecular formula is C25H25FN6O2. The molecule has 0 unspecified atom stereocenters. The zero-order valence-corrected chi connectivity index (χ0v) is 18.8. The van der Waals surface area contributed by atoms with Crippen LogP contribution in [0.5, 0.6) is 5.75 Å². The maximum atomic E-state index is 14.3. The molecule has 2 heterocycles. The molecule has 3 N–H and O–H groups in total. The van der Waals surface area contributed by atoms with Crippen LogP contribution in [0, 0.1) is 5.82 Å². The summed E-state index contributed by atoms with van der Waals surface area (Å²) in [5.74, 6) is 1.14. The van der Waals surface area contributed by atoms with E-state index in [2.05, 4.69) is 30.6 Å². The first kappa shape index (κ1) is 21.8. The van der Waals surface area contributed by atoms with E-state index in [4.69, 9.17) is 4.74 Å². The molecule has 1 aliphatic rings. The molecule has 0 radical (unpaired) electrons. The Kier molecular flexibility index (Phi) is 6.07. The van der Waals surface area contributed by atoms with Crippen molar-refractivity contribution in [3.05, 3.63) is 71.7 Å². The zero-order valence-electron chi connectivity index (χ0n) is 18.8. The number of aromatic amines is 1. The summed E-state index contributed by atoms with van der Waals surface area (Å²) in [5, 5.41) is 6.00. The van der Waals surface area contributed by atoms with Crippen molar-refractivity contribution in [1.29, 1.82) is 0 Å². The first-order valence-electron chi connectivity index (χ1n) is 11.3. The molecule has 0 saturated heterocycles. The fourth-order valence-corrected chi connectivity index (χ4v) is 4.37. The second kappa shape index (κ2) is 9.46. The average molecular weight is 461 g/mol. The minimum Gasteiger partial charge on any atom is -0.497 e. The van der Waals surface area contributed by atoms with E-state index in [0.29, 0.717) is 34.1 Å². The SMILES string of the molecule is COc1cccc(Nc2cc(F)cc(CNC(=O)c3ncnc4nc(C5CCCC5)[nH]c34)c2)c1. The highest BCUT2D eigenvalue weighted by Crippen LogP contribution is 2.33. The Hall–Kier alpha value is -4.01. The van der Waals surface area contributed by atoms with E-state index in [-0.39, 0.29) is 18.1 Å². The van der Waals surface area contributed by atoms with Crippen LogP contribution in [0.25, 0.3) is 11.2 Å². The lowest BCUT2D eigenvalue weighted by Crippen LogP contribution is -2.24. The summed E-state index contributed by atoms with van der Waals surface area (Å²) in [4.78, 5) is 29.1. The highest BCUT2D eigenvalue weighted by Gasteiger charge is 2.23. The number of hydrogen-bond donors (Lipinski definition) is 3. The number of fused-ring (bicyclic) bond motifs is 1. The summed E-state index contributed by atoms with van der Waals surface area (Å²) < 4.78 is 19.5. The maximum Gasteiger partial charge on any atom is 0.272 e. The Bertz CT molecular complexity index is 1330. The number of halogens is 1. The summed E-state index contributed by atoms with van der Waals surface area (Å²) in [7, 11) is 1.59. The highest BCUT2D eigenvalue weighted by atomic mass is 19.1. The number of carbonyl (C=O) groups is 1. The fourth-order valence-electron chi connectivity index (χ4n) is 4.37. The van der Waals surface area contributed by atoms with Gasteiger partial charge in [0, 0.05) is 29.9 Å². The second-order valence-corrected chi connectivity index (χ2v) is 8.41. The number of nitrogens with zero attached hydrogens (tertiary/aromatic N) is 3. The topological polar surface area (TPSA) is 105 Å². The third-order valence-electron chi connectivity index (χ3n) is 6.03. The molecule has 2 aromatic heterocycles. The third kappa shape index (κ3) is 4.68. The van der Waals surface area contributed by atoms with E-state index in [1.54, 1.807) is 13.2 Å². The minimum atomic E-state index is -0.406. The fraction of sp³-hybridized carbons (Fsp3) is 0.280. The van der Waals surface area contributed by atoms with E-state index in [0.717, 1.165) is 24.4 Å². The number of hydrogen-bond acceptors (Lipinski definition) is 6. The first-order chi connectivity index (χ1) is 16.6. The lowest BCUT2D eigenvalue weighted by Gasteiger charge is -2.11. The lowest BCUT2D eigenvalue weighted by atomic mass is 10.1. The monoisotopic (exact) mass is 460 g/mol. The van der Waals surface area contributed by atoms with Gasteiger partial charge < -0.3 is 20.4 Å². The summed E-state index contributed by atoms with van der Waals surface area (Å²) in [5.41, 5.74) is 3.18. The third-order valence-corrected chi connectivity index (χ3v) is 6.03. The predicted molar refractivity (Wildman–Crippen MR) is 127 cm³/mol. The molecule has 1 aliphatic carbocycles. The molecule has 0 spiro atoms. The second-order valence-electron chi connectivity index (χ2n) is 8.41. The van der Waals surface area contributed by atoms with Crippen molar-refractivity contribution in [2.75, 3.05) is 12.4 Å². The normalized spacial score (nSPS) is 13.8. The first-order valence-corrected chi connectivity index (χ1v) is 11.3. The lowest BCUT2D eigenvalue weighted by molar-refractivity contribution is 0.0947. The van der Waals surface area contributed by atoms with Gasteiger partial charge in [0.05, 0.1) is 7.11 Å². The predicted octanol–water partition coefficient (Wildman–Crippen LogP) is 4.83. The van der Waals surface area contributed by atoms with Gasteiger partial charge in [-0.25, -0.2) is 19.3 Å². The van der Waals surface area contributed by atoms with Crippen molar-refractivity contribution in [3.8, 4) is 5.75 Å². The van der Waals surface area contributed by atoms with Crippen LogP contribution in [-0.2, 0) is 6.54 Å². The van der Waals surface area contributed by atoms with Gasteiger partial charge in [0.1, 0.15) is 29.2 Å². The molecule has 174 valence electrons. The van der Waals surface area contributed by atoms with Gasteiger partial charge >= 0.3 is 0 Å².